The Bertz CT molecular complexity index is 466. The summed E-state index contributed by atoms with van der Waals surface area (Å²) < 4.78 is 0. The molecule has 1 heterocycles. The first kappa shape index (κ1) is 14.6. The summed E-state index contributed by atoms with van der Waals surface area (Å²) in [7, 11) is 2.08. The topological polar surface area (TPSA) is 20.3 Å². The molecule has 2 nitrogen and oxygen atoms in total. The molecule has 0 aliphatic carbocycles. The van der Waals surface area contributed by atoms with Crippen LogP contribution in [0.1, 0.15) is 34.8 Å². The number of hydrogen-bond acceptors (Lipinski definition) is 3. The standard InChI is InChI=1S/C16H23NOS/c1-11-5-6-14(9-12(11)2)16(18)13(3)17(4)15-7-8-19-10-15/h5-6,9,13,15H,7-8,10H2,1-4H3. The van der Waals surface area contributed by atoms with Gasteiger partial charge in [-0.05, 0) is 57.2 Å². The van der Waals surface area contributed by atoms with Crippen molar-refractivity contribution in [2.24, 2.45) is 0 Å². The third kappa shape index (κ3) is 3.21. The minimum Gasteiger partial charge on any atom is -0.293 e. The lowest BCUT2D eigenvalue weighted by Crippen LogP contribution is -2.43. The van der Waals surface area contributed by atoms with Gasteiger partial charge in [0.2, 0.25) is 0 Å². The predicted molar refractivity (Wildman–Crippen MR) is 83.2 cm³/mol. The number of thioether (sulfide) groups is 1. The van der Waals surface area contributed by atoms with Gasteiger partial charge in [0.1, 0.15) is 0 Å². The second-order valence-corrected chi connectivity index (χ2v) is 6.67. The molecule has 0 radical (unpaired) electrons. The van der Waals surface area contributed by atoms with Crippen molar-refractivity contribution in [2.45, 2.75) is 39.3 Å². The van der Waals surface area contributed by atoms with E-state index >= 15 is 0 Å². The SMILES string of the molecule is Cc1ccc(C(=O)C(C)N(C)C2CCSC2)cc1C. The molecule has 1 aliphatic rings. The summed E-state index contributed by atoms with van der Waals surface area (Å²) in [5.74, 6) is 2.61. The number of likely N-dealkylation sites (N-methyl/N-ethyl adjacent to an activating group) is 1. The molecule has 1 aromatic carbocycles. The maximum absolute atomic E-state index is 12.6. The van der Waals surface area contributed by atoms with E-state index in [1.165, 1.54) is 23.3 Å². The quantitative estimate of drug-likeness (QED) is 0.788. The van der Waals surface area contributed by atoms with Gasteiger partial charge in [-0.1, -0.05) is 12.1 Å². The molecule has 1 aromatic rings. The van der Waals surface area contributed by atoms with E-state index in [2.05, 4.69) is 25.8 Å². The normalized spacial score (nSPS) is 20.8. The van der Waals surface area contributed by atoms with E-state index in [4.69, 9.17) is 0 Å². The highest BCUT2D eigenvalue weighted by Crippen LogP contribution is 2.24. The number of Topliss-reactive ketones (excluding diaryl/α,β-unsaturated/α-hetero) is 1. The summed E-state index contributed by atoms with van der Waals surface area (Å²) >= 11 is 1.99. The molecule has 0 aromatic heterocycles. The Kier molecular flexibility index (Phi) is 4.69. The van der Waals surface area contributed by atoms with Crippen LogP contribution in [0.25, 0.3) is 0 Å². The Morgan fingerprint density at radius 1 is 1.37 bits per heavy atom. The van der Waals surface area contributed by atoms with E-state index in [-0.39, 0.29) is 11.8 Å². The van der Waals surface area contributed by atoms with Gasteiger partial charge in [0.05, 0.1) is 6.04 Å². The molecule has 1 saturated heterocycles. The maximum Gasteiger partial charge on any atom is 0.179 e. The molecule has 0 bridgehead atoms. The van der Waals surface area contributed by atoms with Crippen LogP contribution in [0.4, 0.5) is 0 Å². The molecular weight excluding hydrogens is 254 g/mol. The van der Waals surface area contributed by atoms with Crippen LogP contribution in [0.5, 0.6) is 0 Å². The molecule has 0 amide bonds. The van der Waals surface area contributed by atoms with E-state index in [0.717, 1.165) is 11.3 Å². The van der Waals surface area contributed by atoms with Crippen LogP contribution in [-0.2, 0) is 0 Å². The summed E-state index contributed by atoms with van der Waals surface area (Å²) in [6.45, 7) is 6.17. The van der Waals surface area contributed by atoms with Gasteiger partial charge in [-0.3, -0.25) is 9.69 Å². The minimum absolute atomic E-state index is 0.0363. The molecule has 104 valence electrons. The summed E-state index contributed by atoms with van der Waals surface area (Å²) in [5, 5.41) is 0. The number of ketones is 1. The zero-order chi connectivity index (χ0) is 14.0. The predicted octanol–water partition coefficient (Wildman–Crippen LogP) is 3.31. The molecule has 0 spiro atoms. The number of rotatable bonds is 4. The first-order valence-electron chi connectivity index (χ1n) is 6.92. The molecule has 2 unspecified atom stereocenters. The van der Waals surface area contributed by atoms with E-state index < -0.39 is 0 Å². The van der Waals surface area contributed by atoms with Crippen molar-refractivity contribution in [1.29, 1.82) is 0 Å². The van der Waals surface area contributed by atoms with Crippen molar-refractivity contribution in [1.82, 2.24) is 4.90 Å². The monoisotopic (exact) mass is 277 g/mol. The number of aryl methyl sites for hydroxylation is 2. The highest BCUT2D eigenvalue weighted by atomic mass is 32.2. The minimum atomic E-state index is -0.0363. The number of carbonyl (C=O) groups excluding carboxylic acids is 1. The van der Waals surface area contributed by atoms with Crippen molar-refractivity contribution in [3.05, 3.63) is 34.9 Å². The summed E-state index contributed by atoms with van der Waals surface area (Å²) in [6.07, 6.45) is 1.20. The first-order valence-corrected chi connectivity index (χ1v) is 8.07. The Labute approximate surface area is 120 Å². The second kappa shape index (κ2) is 6.10. The van der Waals surface area contributed by atoms with E-state index in [9.17, 15) is 4.79 Å². The summed E-state index contributed by atoms with van der Waals surface area (Å²) in [6, 6.07) is 6.53. The molecule has 2 atom stereocenters. The van der Waals surface area contributed by atoms with Crippen LogP contribution in [0, 0.1) is 13.8 Å². The van der Waals surface area contributed by atoms with Crippen molar-refractivity contribution in [2.75, 3.05) is 18.6 Å². The van der Waals surface area contributed by atoms with Crippen molar-refractivity contribution in [3.63, 3.8) is 0 Å². The molecule has 1 aliphatic heterocycles. The molecule has 2 rings (SSSR count). The van der Waals surface area contributed by atoms with Crippen LogP contribution in [0.3, 0.4) is 0 Å². The third-order valence-electron chi connectivity index (χ3n) is 4.26. The summed E-state index contributed by atoms with van der Waals surface area (Å²) in [5.41, 5.74) is 3.27. The fourth-order valence-electron chi connectivity index (χ4n) is 2.48. The lowest BCUT2D eigenvalue weighted by molar-refractivity contribution is 0.0830. The van der Waals surface area contributed by atoms with Crippen LogP contribution < -0.4 is 0 Å². The van der Waals surface area contributed by atoms with Crippen molar-refractivity contribution < 1.29 is 4.79 Å². The van der Waals surface area contributed by atoms with Gasteiger partial charge in [-0.15, -0.1) is 0 Å². The number of benzene rings is 1. The number of carbonyl (C=O) groups is 1. The van der Waals surface area contributed by atoms with Gasteiger partial charge in [0.15, 0.2) is 5.78 Å². The Balaban J connectivity index is 2.11. The second-order valence-electron chi connectivity index (χ2n) is 5.52. The molecule has 0 saturated carbocycles. The summed E-state index contributed by atoms with van der Waals surface area (Å²) in [4.78, 5) is 14.8. The Hall–Kier alpha value is -0.800. The van der Waals surface area contributed by atoms with E-state index in [0.29, 0.717) is 6.04 Å². The molecule has 19 heavy (non-hydrogen) atoms. The Morgan fingerprint density at radius 3 is 2.68 bits per heavy atom. The van der Waals surface area contributed by atoms with Crippen LogP contribution >= 0.6 is 11.8 Å². The lowest BCUT2D eigenvalue weighted by atomic mass is 9.99. The first-order chi connectivity index (χ1) is 9.00. The van der Waals surface area contributed by atoms with Gasteiger partial charge in [0.25, 0.3) is 0 Å². The van der Waals surface area contributed by atoms with Gasteiger partial charge >= 0.3 is 0 Å². The highest BCUT2D eigenvalue weighted by Gasteiger charge is 2.27. The zero-order valence-corrected chi connectivity index (χ0v) is 13.1. The van der Waals surface area contributed by atoms with Crippen LogP contribution in [0.15, 0.2) is 18.2 Å². The number of nitrogens with zero attached hydrogens (tertiary/aromatic N) is 1. The van der Waals surface area contributed by atoms with E-state index in [1.807, 2.05) is 36.9 Å². The highest BCUT2D eigenvalue weighted by molar-refractivity contribution is 7.99. The molecule has 1 fully saturated rings. The molecule has 3 heteroatoms. The Morgan fingerprint density at radius 2 is 2.11 bits per heavy atom. The largest absolute Gasteiger partial charge is 0.293 e. The average Bonchev–Trinajstić information content (AvgIpc) is 2.93. The van der Waals surface area contributed by atoms with Gasteiger partial charge in [-0.25, -0.2) is 0 Å². The molecular formula is C16H23NOS. The van der Waals surface area contributed by atoms with Crippen molar-refractivity contribution >= 4 is 17.5 Å². The third-order valence-corrected chi connectivity index (χ3v) is 5.41. The number of hydrogen-bond donors (Lipinski definition) is 0. The fourth-order valence-corrected chi connectivity index (χ4v) is 3.76. The van der Waals surface area contributed by atoms with E-state index in [1.54, 1.807) is 0 Å². The fraction of sp³-hybridized carbons (Fsp3) is 0.562. The van der Waals surface area contributed by atoms with Crippen LogP contribution in [0.2, 0.25) is 0 Å². The van der Waals surface area contributed by atoms with Gasteiger partial charge in [0, 0.05) is 17.4 Å². The van der Waals surface area contributed by atoms with Gasteiger partial charge in [-0.2, -0.15) is 11.8 Å². The van der Waals surface area contributed by atoms with Gasteiger partial charge < -0.3 is 0 Å². The van der Waals surface area contributed by atoms with Crippen LogP contribution in [-0.4, -0.2) is 41.3 Å². The van der Waals surface area contributed by atoms with Crippen molar-refractivity contribution in [3.8, 4) is 0 Å². The molecule has 0 N–H and O–H groups in total. The maximum atomic E-state index is 12.6. The lowest BCUT2D eigenvalue weighted by Gasteiger charge is -2.29. The smallest absolute Gasteiger partial charge is 0.179 e. The average molecular weight is 277 g/mol. The zero-order valence-electron chi connectivity index (χ0n) is 12.3.